The van der Waals surface area contributed by atoms with Gasteiger partial charge in [-0.15, -0.1) is 5.11 Å². The average Bonchev–Trinajstić information content (AvgIpc) is 2.59. The molecule has 0 fully saturated rings. The summed E-state index contributed by atoms with van der Waals surface area (Å²) in [6.45, 7) is 2.37. The highest BCUT2D eigenvalue weighted by atomic mass is 35.5. The Morgan fingerprint density at radius 3 is 2.88 bits per heavy atom. The molecule has 1 aromatic rings. The molecule has 0 saturated heterocycles. The Morgan fingerprint density at radius 2 is 2.29 bits per heavy atom. The molecular formula is C11H12ClN3OS. The first-order valence-electron chi connectivity index (χ1n) is 5.14. The van der Waals surface area contributed by atoms with E-state index in [1.54, 1.807) is 11.0 Å². The lowest BCUT2D eigenvalue weighted by molar-refractivity contribution is 0.228. The number of thiocarbonyl (C=S) groups is 1. The number of aryl methyl sites for hydroxylation is 1. The van der Waals surface area contributed by atoms with E-state index in [-0.39, 0.29) is 6.17 Å². The third-order valence-corrected chi connectivity index (χ3v) is 3.15. The fraction of sp³-hybridized carbons (Fsp3) is 0.364. The van der Waals surface area contributed by atoms with Crippen LogP contribution in [0.5, 0.6) is 5.75 Å². The highest BCUT2D eigenvalue weighted by Crippen LogP contribution is 2.22. The first kappa shape index (κ1) is 12.3. The monoisotopic (exact) mass is 269 g/mol. The van der Waals surface area contributed by atoms with E-state index in [4.69, 9.17) is 28.6 Å². The standard InChI is InChI=1S/C11H12ClN3OS/c1-7-5-8(12)3-4-9(7)16-6-10-13-14-11(17)15(10)2/h3-5,10H,6H2,1-2H3. The fourth-order valence-corrected chi connectivity index (χ4v) is 1.87. The number of ether oxygens (including phenoxy) is 1. The highest BCUT2D eigenvalue weighted by Gasteiger charge is 2.23. The summed E-state index contributed by atoms with van der Waals surface area (Å²) < 4.78 is 5.68. The third kappa shape index (κ3) is 2.73. The second-order valence-electron chi connectivity index (χ2n) is 3.81. The molecule has 0 amide bonds. The summed E-state index contributed by atoms with van der Waals surface area (Å²) in [6.07, 6.45) is -0.141. The molecule has 0 aromatic heterocycles. The van der Waals surface area contributed by atoms with Crippen LogP contribution in [0.3, 0.4) is 0 Å². The van der Waals surface area contributed by atoms with E-state index >= 15 is 0 Å². The molecule has 0 bridgehead atoms. The Bertz CT molecular complexity index is 478. The van der Waals surface area contributed by atoms with Crippen molar-refractivity contribution in [3.8, 4) is 5.75 Å². The van der Waals surface area contributed by atoms with Crippen molar-refractivity contribution in [2.75, 3.05) is 13.7 Å². The van der Waals surface area contributed by atoms with Gasteiger partial charge >= 0.3 is 0 Å². The Labute approximate surface area is 110 Å². The third-order valence-electron chi connectivity index (χ3n) is 2.55. The van der Waals surface area contributed by atoms with Crippen molar-refractivity contribution in [3.63, 3.8) is 0 Å². The number of benzene rings is 1. The zero-order valence-electron chi connectivity index (χ0n) is 9.55. The summed E-state index contributed by atoms with van der Waals surface area (Å²) in [5, 5.41) is 9.04. The second-order valence-corrected chi connectivity index (χ2v) is 4.61. The Kier molecular flexibility index (Phi) is 3.59. The van der Waals surface area contributed by atoms with Crippen molar-refractivity contribution in [1.29, 1.82) is 0 Å². The molecule has 2 rings (SSSR count). The van der Waals surface area contributed by atoms with Crippen molar-refractivity contribution in [1.82, 2.24) is 4.90 Å². The van der Waals surface area contributed by atoms with Crippen LogP contribution in [0.15, 0.2) is 28.4 Å². The SMILES string of the molecule is Cc1cc(Cl)ccc1OCC1N=NC(=S)N1C. The molecule has 0 spiro atoms. The van der Waals surface area contributed by atoms with Gasteiger partial charge in [-0.05, 0) is 42.9 Å². The van der Waals surface area contributed by atoms with Gasteiger partial charge in [0.05, 0.1) is 0 Å². The van der Waals surface area contributed by atoms with Crippen LogP contribution in [0.25, 0.3) is 0 Å². The van der Waals surface area contributed by atoms with Crippen molar-refractivity contribution >= 4 is 28.9 Å². The molecule has 1 aliphatic heterocycles. The zero-order valence-corrected chi connectivity index (χ0v) is 11.1. The lowest BCUT2D eigenvalue weighted by Crippen LogP contribution is -2.33. The van der Waals surface area contributed by atoms with Crippen molar-refractivity contribution in [2.24, 2.45) is 10.2 Å². The topological polar surface area (TPSA) is 37.2 Å². The largest absolute Gasteiger partial charge is 0.489 e. The number of likely N-dealkylation sites (N-methyl/N-ethyl adjacent to an activating group) is 1. The molecule has 0 aliphatic carbocycles. The van der Waals surface area contributed by atoms with Crippen LogP contribution >= 0.6 is 23.8 Å². The molecule has 1 aromatic carbocycles. The number of nitrogens with zero attached hydrogens (tertiary/aromatic N) is 3. The second kappa shape index (κ2) is 4.98. The predicted octanol–water partition coefficient (Wildman–Crippen LogP) is 3.04. The normalized spacial score (nSPS) is 18.9. The van der Waals surface area contributed by atoms with Gasteiger partial charge in [-0.3, -0.25) is 0 Å². The number of azo groups is 1. The van der Waals surface area contributed by atoms with E-state index in [1.165, 1.54) is 0 Å². The van der Waals surface area contributed by atoms with Gasteiger partial charge < -0.3 is 9.64 Å². The minimum absolute atomic E-state index is 0.141. The van der Waals surface area contributed by atoms with E-state index < -0.39 is 0 Å². The number of hydrogen-bond donors (Lipinski definition) is 0. The quantitative estimate of drug-likeness (QED) is 0.792. The van der Waals surface area contributed by atoms with Gasteiger partial charge in [0.25, 0.3) is 0 Å². The van der Waals surface area contributed by atoms with E-state index in [1.807, 2.05) is 26.1 Å². The Hall–Kier alpha value is -1.20. The minimum Gasteiger partial charge on any atom is -0.489 e. The minimum atomic E-state index is -0.141. The Balaban J connectivity index is 1.99. The van der Waals surface area contributed by atoms with Crippen LogP contribution in [0.2, 0.25) is 5.02 Å². The van der Waals surface area contributed by atoms with Crippen LogP contribution in [0.1, 0.15) is 5.56 Å². The van der Waals surface area contributed by atoms with E-state index in [9.17, 15) is 0 Å². The maximum absolute atomic E-state index is 5.87. The molecule has 4 nitrogen and oxygen atoms in total. The maximum Gasteiger partial charge on any atom is 0.217 e. The predicted molar refractivity (Wildman–Crippen MR) is 70.7 cm³/mol. The van der Waals surface area contributed by atoms with Gasteiger partial charge in [-0.1, -0.05) is 11.6 Å². The van der Waals surface area contributed by atoms with E-state index in [0.29, 0.717) is 16.7 Å². The average molecular weight is 270 g/mol. The van der Waals surface area contributed by atoms with Crippen LogP contribution in [-0.4, -0.2) is 29.8 Å². The molecule has 0 N–H and O–H groups in total. The number of rotatable bonds is 3. The molecule has 6 heteroatoms. The number of halogens is 1. The molecule has 1 heterocycles. The van der Waals surface area contributed by atoms with Crippen molar-refractivity contribution in [2.45, 2.75) is 13.1 Å². The van der Waals surface area contributed by atoms with E-state index in [2.05, 4.69) is 10.2 Å². The van der Waals surface area contributed by atoms with Crippen molar-refractivity contribution in [3.05, 3.63) is 28.8 Å². The molecule has 90 valence electrons. The van der Waals surface area contributed by atoms with Gasteiger partial charge in [0.1, 0.15) is 12.4 Å². The lowest BCUT2D eigenvalue weighted by Gasteiger charge is -2.18. The smallest absolute Gasteiger partial charge is 0.217 e. The molecule has 1 aliphatic rings. The number of hydrogen-bond acceptors (Lipinski definition) is 3. The summed E-state index contributed by atoms with van der Waals surface area (Å²) in [6, 6.07) is 5.51. The van der Waals surface area contributed by atoms with Gasteiger partial charge in [-0.25, -0.2) is 0 Å². The van der Waals surface area contributed by atoms with Gasteiger partial charge in [0.2, 0.25) is 5.11 Å². The maximum atomic E-state index is 5.87. The molecule has 17 heavy (non-hydrogen) atoms. The lowest BCUT2D eigenvalue weighted by atomic mass is 10.2. The van der Waals surface area contributed by atoms with Crippen molar-refractivity contribution < 1.29 is 4.74 Å². The molecule has 1 atom stereocenters. The highest BCUT2D eigenvalue weighted by molar-refractivity contribution is 7.80. The summed E-state index contributed by atoms with van der Waals surface area (Å²) in [4.78, 5) is 1.81. The van der Waals surface area contributed by atoms with Gasteiger partial charge in [0, 0.05) is 12.1 Å². The van der Waals surface area contributed by atoms with Crippen LogP contribution in [0.4, 0.5) is 0 Å². The molecule has 0 saturated carbocycles. The molecule has 0 radical (unpaired) electrons. The summed E-state index contributed by atoms with van der Waals surface area (Å²) in [7, 11) is 1.85. The zero-order chi connectivity index (χ0) is 12.4. The molecular weight excluding hydrogens is 258 g/mol. The first-order valence-corrected chi connectivity index (χ1v) is 5.93. The summed E-state index contributed by atoms with van der Waals surface area (Å²) >= 11 is 10.9. The van der Waals surface area contributed by atoms with Gasteiger partial charge in [0.15, 0.2) is 6.17 Å². The first-order chi connectivity index (χ1) is 8.08. The molecule has 1 unspecified atom stereocenters. The summed E-state index contributed by atoms with van der Waals surface area (Å²) in [5.74, 6) is 0.802. The fourth-order valence-electron chi connectivity index (χ4n) is 1.48. The van der Waals surface area contributed by atoms with Crippen LogP contribution < -0.4 is 4.74 Å². The van der Waals surface area contributed by atoms with Crippen LogP contribution in [0, 0.1) is 6.92 Å². The van der Waals surface area contributed by atoms with Crippen LogP contribution in [-0.2, 0) is 0 Å². The Morgan fingerprint density at radius 1 is 1.53 bits per heavy atom. The van der Waals surface area contributed by atoms with E-state index in [0.717, 1.165) is 11.3 Å². The van der Waals surface area contributed by atoms with Gasteiger partial charge in [-0.2, -0.15) is 5.11 Å². The summed E-state index contributed by atoms with van der Waals surface area (Å²) in [5.41, 5.74) is 0.998.